The minimum Gasteiger partial charge on any atom is -0.481 e. The summed E-state index contributed by atoms with van der Waals surface area (Å²) in [6.07, 6.45) is 2.18. The van der Waals surface area contributed by atoms with Crippen LogP contribution in [0.1, 0.15) is 17.7 Å². The average Bonchev–Trinajstić information content (AvgIpc) is 2.15. The van der Waals surface area contributed by atoms with Gasteiger partial charge < -0.3 is 10.2 Å². The van der Waals surface area contributed by atoms with E-state index < -0.39 is 5.97 Å². The molecule has 0 radical (unpaired) electrons. The lowest BCUT2D eigenvalue weighted by molar-refractivity contribution is -0.136. The van der Waals surface area contributed by atoms with Gasteiger partial charge in [-0.05, 0) is 18.1 Å². The number of aromatic nitrogens is 1. The molecule has 0 aromatic carbocycles. The van der Waals surface area contributed by atoms with Gasteiger partial charge in [-0.3, -0.25) is 9.78 Å². The van der Waals surface area contributed by atoms with Gasteiger partial charge in [-0.15, -0.1) is 0 Å². The van der Waals surface area contributed by atoms with E-state index >= 15 is 0 Å². The second kappa shape index (κ2) is 4.57. The van der Waals surface area contributed by atoms with E-state index in [-0.39, 0.29) is 13.0 Å². The zero-order valence-corrected chi connectivity index (χ0v) is 7.10. The van der Waals surface area contributed by atoms with Crippen molar-refractivity contribution in [1.82, 2.24) is 4.98 Å². The highest BCUT2D eigenvalue weighted by Gasteiger charge is 1.99. The summed E-state index contributed by atoms with van der Waals surface area (Å²) in [6, 6.07) is 3.47. The van der Waals surface area contributed by atoms with E-state index in [4.69, 9.17) is 10.2 Å². The van der Waals surface area contributed by atoms with Gasteiger partial charge >= 0.3 is 5.97 Å². The molecule has 0 amide bonds. The van der Waals surface area contributed by atoms with E-state index in [9.17, 15) is 4.79 Å². The zero-order valence-electron chi connectivity index (χ0n) is 7.10. The van der Waals surface area contributed by atoms with Crippen LogP contribution in [0.25, 0.3) is 0 Å². The Balaban J connectivity index is 2.54. The lowest BCUT2D eigenvalue weighted by Gasteiger charge is -1.99. The molecule has 0 aliphatic rings. The van der Waals surface area contributed by atoms with Crippen LogP contribution in [-0.4, -0.2) is 21.2 Å². The average molecular weight is 181 g/mol. The van der Waals surface area contributed by atoms with Crippen molar-refractivity contribution >= 4 is 5.97 Å². The zero-order chi connectivity index (χ0) is 9.68. The maximum Gasteiger partial charge on any atom is 0.303 e. The minimum absolute atomic E-state index is 0.0841. The van der Waals surface area contributed by atoms with E-state index in [0.717, 1.165) is 5.56 Å². The second-order valence-electron chi connectivity index (χ2n) is 2.71. The summed E-state index contributed by atoms with van der Waals surface area (Å²) in [7, 11) is 0. The number of hydrogen-bond acceptors (Lipinski definition) is 3. The molecule has 1 rings (SSSR count). The molecule has 0 aliphatic carbocycles. The van der Waals surface area contributed by atoms with Crippen molar-refractivity contribution < 1.29 is 15.0 Å². The Bertz CT molecular complexity index is 281. The number of aliphatic hydroxyl groups excluding tert-OH is 1. The van der Waals surface area contributed by atoms with Gasteiger partial charge in [0.2, 0.25) is 0 Å². The summed E-state index contributed by atoms with van der Waals surface area (Å²) in [5.41, 5.74) is 1.47. The van der Waals surface area contributed by atoms with E-state index in [1.165, 1.54) is 0 Å². The Kier molecular flexibility index (Phi) is 3.40. The highest BCUT2D eigenvalue weighted by atomic mass is 16.4. The van der Waals surface area contributed by atoms with Crippen molar-refractivity contribution in [2.75, 3.05) is 0 Å². The molecule has 0 fully saturated rings. The van der Waals surface area contributed by atoms with Crippen LogP contribution in [0, 0.1) is 0 Å². The van der Waals surface area contributed by atoms with Crippen LogP contribution in [0.5, 0.6) is 0 Å². The van der Waals surface area contributed by atoms with Crippen molar-refractivity contribution in [2.45, 2.75) is 19.4 Å². The Morgan fingerprint density at radius 3 is 2.69 bits per heavy atom. The topological polar surface area (TPSA) is 70.4 Å². The number of pyridine rings is 1. The largest absolute Gasteiger partial charge is 0.481 e. The first-order valence-electron chi connectivity index (χ1n) is 3.99. The maximum absolute atomic E-state index is 10.2. The molecule has 4 heteroatoms. The Labute approximate surface area is 75.9 Å². The van der Waals surface area contributed by atoms with Crippen LogP contribution < -0.4 is 0 Å². The van der Waals surface area contributed by atoms with Gasteiger partial charge in [0.1, 0.15) is 0 Å². The fourth-order valence-electron chi connectivity index (χ4n) is 0.948. The number of aliphatic hydroxyl groups is 1. The molecule has 13 heavy (non-hydrogen) atoms. The van der Waals surface area contributed by atoms with E-state index in [1.54, 1.807) is 18.3 Å². The predicted octanol–water partition coefficient (Wildman–Crippen LogP) is 0.591. The summed E-state index contributed by atoms with van der Waals surface area (Å²) in [4.78, 5) is 14.2. The van der Waals surface area contributed by atoms with Crippen LogP contribution in [0.2, 0.25) is 0 Å². The number of aryl methyl sites for hydroxylation is 1. The number of carboxylic acids is 1. The number of carbonyl (C=O) groups is 1. The normalized spacial score (nSPS) is 9.92. The van der Waals surface area contributed by atoms with Crippen LogP contribution in [0.4, 0.5) is 0 Å². The van der Waals surface area contributed by atoms with Gasteiger partial charge in [-0.2, -0.15) is 0 Å². The fraction of sp³-hybridized carbons (Fsp3) is 0.333. The molecule has 4 nitrogen and oxygen atoms in total. The van der Waals surface area contributed by atoms with Crippen molar-refractivity contribution in [3.63, 3.8) is 0 Å². The number of nitrogens with zero attached hydrogens (tertiary/aromatic N) is 1. The third kappa shape index (κ3) is 3.21. The van der Waals surface area contributed by atoms with E-state index in [1.807, 2.05) is 0 Å². The molecule has 1 aromatic heterocycles. The van der Waals surface area contributed by atoms with Gasteiger partial charge in [-0.1, -0.05) is 6.07 Å². The lowest BCUT2D eigenvalue weighted by atomic mass is 10.1. The smallest absolute Gasteiger partial charge is 0.303 e. The van der Waals surface area contributed by atoms with Crippen molar-refractivity contribution in [3.8, 4) is 0 Å². The molecule has 0 saturated heterocycles. The third-order valence-electron chi connectivity index (χ3n) is 1.68. The first-order valence-corrected chi connectivity index (χ1v) is 3.99. The monoisotopic (exact) mass is 181 g/mol. The first-order chi connectivity index (χ1) is 6.22. The summed E-state index contributed by atoms with van der Waals surface area (Å²) < 4.78 is 0. The number of hydrogen-bond donors (Lipinski definition) is 2. The van der Waals surface area contributed by atoms with E-state index in [0.29, 0.717) is 12.1 Å². The maximum atomic E-state index is 10.2. The van der Waals surface area contributed by atoms with Crippen LogP contribution in [0.15, 0.2) is 18.3 Å². The van der Waals surface area contributed by atoms with Gasteiger partial charge in [0.25, 0.3) is 0 Å². The Morgan fingerprint density at radius 1 is 1.46 bits per heavy atom. The lowest BCUT2D eigenvalue weighted by Crippen LogP contribution is -1.98. The number of aliphatic carboxylic acids is 1. The minimum atomic E-state index is -0.814. The molecule has 70 valence electrons. The van der Waals surface area contributed by atoms with Crippen LogP contribution in [-0.2, 0) is 17.8 Å². The molecular formula is C9H11NO3. The second-order valence-corrected chi connectivity index (χ2v) is 2.71. The summed E-state index contributed by atoms with van der Waals surface area (Å²) in [6.45, 7) is -0.0841. The molecule has 0 bridgehead atoms. The van der Waals surface area contributed by atoms with Crippen molar-refractivity contribution in [1.29, 1.82) is 0 Å². The molecule has 0 aliphatic heterocycles. The Hall–Kier alpha value is -1.42. The van der Waals surface area contributed by atoms with Gasteiger partial charge in [0, 0.05) is 12.6 Å². The SMILES string of the molecule is O=C(O)CCc1ccc(CO)nc1. The van der Waals surface area contributed by atoms with Crippen molar-refractivity contribution in [2.24, 2.45) is 0 Å². The first kappa shape index (κ1) is 9.67. The van der Waals surface area contributed by atoms with Gasteiger partial charge in [0.15, 0.2) is 0 Å². The predicted molar refractivity (Wildman–Crippen MR) is 46.1 cm³/mol. The highest BCUT2D eigenvalue weighted by Crippen LogP contribution is 2.03. The molecule has 1 heterocycles. The standard InChI is InChI=1S/C9H11NO3/c11-6-8-3-1-7(5-10-8)2-4-9(12)13/h1,3,5,11H,2,4,6H2,(H,12,13). The molecule has 2 N–H and O–H groups in total. The highest BCUT2D eigenvalue weighted by molar-refractivity contribution is 5.67. The molecule has 0 atom stereocenters. The number of carboxylic acid groups (broad SMARTS) is 1. The van der Waals surface area contributed by atoms with Gasteiger partial charge in [0.05, 0.1) is 12.3 Å². The van der Waals surface area contributed by atoms with E-state index in [2.05, 4.69) is 4.98 Å². The summed E-state index contributed by atoms with van der Waals surface area (Å²) >= 11 is 0. The van der Waals surface area contributed by atoms with Crippen molar-refractivity contribution in [3.05, 3.63) is 29.6 Å². The third-order valence-corrected chi connectivity index (χ3v) is 1.68. The quantitative estimate of drug-likeness (QED) is 0.713. The summed E-state index contributed by atoms with van der Waals surface area (Å²) in [5, 5.41) is 17.1. The van der Waals surface area contributed by atoms with Crippen LogP contribution in [0.3, 0.4) is 0 Å². The summed E-state index contributed by atoms with van der Waals surface area (Å²) in [5.74, 6) is -0.814. The van der Waals surface area contributed by atoms with Gasteiger partial charge in [-0.25, -0.2) is 0 Å². The Morgan fingerprint density at radius 2 is 2.23 bits per heavy atom. The molecule has 0 saturated carbocycles. The fourth-order valence-corrected chi connectivity index (χ4v) is 0.948. The molecule has 0 unspecified atom stereocenters. The van der Waals surface area contributed by atoms with Crippen LogP contribution >= 0.6 is 0 Å². The molecular weight excluding hydrogens is 170 g/mol. The molecule has 0 spiro atoms. The molecule has 1 aromatic rings. The number of rotatable bonds is 4.